The maximum atomic E-state index is 6.12. The van der Waals surface area contributed by atoms with E-state index in [4.69, 9.17) is 21.7 Å². The van der Waals surface area contributed by atoms with Gasteiger partial charge in [-0.15, -0.1) is 0 Å². The fourth-order valence-electron chi connectivity index (χ4n) is 4.39. The molecular formula is C24H21ClN5+. The van der Waals surface area contributed by atoms with Crippen molar-refractivity contribution in [1.82, 2.24) is 14.6 Å². The summed E-state index contributed by atoms with van der Waals surface area (Å²) in [5, 5.41) is 10.3. The molecule has 3 aromatic carbocycles. The number of halogens is 1. The Morgan fingerprint density at radius 1 is 0.867 bits per heavy atom. The molecule has 1 aliphatic heterocycles. The molecule has 0 aliphatic carbocycles. The van der Waals surface area contributed by atoms with Gasteiger partial charge >= 0.3 is 0 Å². The number of anilines is 1. The summed E-state index contributed by atoms with van der Waals surface area (Å²) in [7, 11) is 0. The molecule has 5 nitrogen and oxygen atoms in total. The summed E-state index contributed by atoms with van der Waals surface area (Å²) < 4.78 is 2.00. The van der Waals surface area contributed by atoms with Gasteiger partial charge in [0.1, 0.15) is 0 Å². The van der Waals surface area contributed by atoms with Crippen LogP contribution in [0.1, 0.15) is 0 Å². The maximum absolute atomic E-state index is 6.12. The van der Waals surface area contributed by atoms with E-state index in [1.54, 1.807) is 0 Å². The van der Waals surface area contributed by atoms with Gasteiger partial charge in [0.2, 0.25) is 0 Å². The van der Waals surface area contributed by atoms with Gasteiger partial charge in [-0.25, -0.2) is 9.50 Å². The number of hydrogen-bond acceptors (Lipinski definition) is 3. The minimum Gasteiger partial charge on any atom is -0.360 e. The second-order valence-corrected chi connectivity index (χ2v) is 8.21. The van der Waals surface area contributed by atoms with Gasteiger partial charge < -0.3 is 10.2 Å². The van der Waals surface area contributed by atoms with Crippen LogP contribution in [0.15, 0.2) is 66.7 Å². The van der Waals surface area contributed by atoms with Gasteiger partial charge in [0.25, 0.3) is 0 Å². The Hall–Kier alpha value is -3.15. The fraction of sp³-hybridized carbons (Fsp3) is 0.167. The lowest BCUT2D eigenvalue weighted by atomic mass is 10.1. The Bertz CT molecular complexity index is 1380. The van der Waals surface area contributed by atoms with E-state index in [9.17, 15) is 0 Å². The number of hydrogen-bond donors (Lipinski definition) is 1. The first-order chi connectivity index (χ1) is 14.8. The van der Waals surface area contributed by atoms with Crippen molar-refractivity contribution in [2.75, 3.05) is 31.1 Å². The van der Waals surface area contributed by atoms with Gasteiger partial charge in [0, 0.05) is 27.0 Å². The van der Waals surface area contributed by atoms with Gasteiger partial charge in [-0.3, -0.25) is 0 Å². The molecule has 0 spiro atoms. The zero-order chi connectivity index (χ0) is 20.1. The van der Waals surface area contributed by atoms with Crippen LogP contribution in [0, 0.1) is 0 Å². The third-order valence-corrected chi connectivity index (χ3v) is 6.18. The first-order valence-electron chi connectivity index (χ1n) is 10.3. The normalized spacial score (nSPS) is 14.8. The van der Waals surface area contributed by atoms with Gasteiger partial charge in [-0.05, 0) is 30.3 Å². The number of benzene rings is 3. The predicted octanol–water partition coefficient (Wildman–Crippen LogP) is 3.74. The Morgan fingerprint density at radius 3 is 2.43 bits per heavy atom. The van der Waals surface area contributed by atoms with E-state index < -0.39 is 0 Å². The highest BCUT2D eigenvalue weighted by Crippen LogP contribution is 2.32. The standard InChI is InChI=1S/C24H20ClN5/c25-17-7-5-16(6-8-17)23-19-3-1-2-4-20(19)24-27-21-10-9-18(15-22(21)30(24)28-23)29-13-11-26-12-14-29/h1-10,15,26H,11-14H2/p+1. The Kier molecular flexibility index (Phi) is 4.11. The number of aromatic nitrogens is 3. The van der Waals surface area contributed by atoms with E-state index in [2.05, 4.69) is 46.6 Å². The van der Waals surface area contributed by atoms with Crippen molar-refractivity contribution in [3.63, 3.8) is 0 Å². The lowest BCUT2D eigenvalue weighted by Gasteiger charge is -2.27. The molecule has 1 saturated heterocycles. The molecule has 1 fully saturated rings. The maximum Gasteiger partial charge on any atom is 0.162 e. The number of fused-ring (bicyclic) bond motifs is 5. The van der Waals surface area contributed by atoms with Gasteiger partial charge in [-0.1, -0.05) is 48.0 Å². The molecule has 1 aliphatic rings. The van der Waals surface area contributed by atoms with E-state index in [-0.39, 0.29) is 0 Å². The third kappa shape index (κ3) is 2.82. The van der Waals surface area contributed by atoms with Crippen molar-refractivity contribution in [3.8, 4) is 11.3 Å². The number of imidazole rings is 1. The topological polar surface area (TPSA) is 50.0 Å². The minimum atomic E-state index is 0.723. The molecule has 30 heavy (non-hydrogen) atoms. The summed E-state index contributed by atoms with van der Waals surface area (Å²) in [6, 6.07) is 22.8. The second kappa shape index (κ2) is 6.97. The quantitative estimate of drug-likeness (QED) is 0.478. The average Bonchev–Trinajstić information content (AvgIpc) is 3.18. The van der Waals surface area contributed by atoms with Crippen molar-refractivity contribution in [2.24, 2.45) is 0 Å². The Labute approximate surface area is 178 Å². The van der Waals surface area contributed by atoms with Crippen molar-refractivity contribution in [2.45, 2.75) is 0 Å². The number of nitrogens with two attached hydrogens (primary N) is 1. The molecule has 148 valence electrons. The van der Waals surface area contributed by atoms with Crippen molar-refractivity contribution >= 4 is 44.7 Å². The zero-order valence-corrected chi connectivity index (χ0v) is 17.2. The van der Waals surface area contributed by atoms with E-state index in [1.807, 2.05) is 34.8 Å². The summed E-state index contributed by atoms with van der Waals surface area (Å²) in [5.74, 6) is 0. The number of rotatable bonds is 2. The van der Waals surface area contributed by atoms with Crippen LogP contribution in [0.2, 0.25) is 5.02 Å². The van der Waals surface area contributed by atoms with Crippen LogP contribution >= 0.6 is 11.6 Å². The summed E-state index contributed by atoms with van der Waals surface area (Å²) in [4.78, 5) is 7.38. The highest BCUT2D eigenvalue weighted by Gasteiger charge is 2.17. The predicted molar refractivity (Wildman–Crippen MR) is 122 cm³/mol. The molecule has 6 rings (SSSR count). The van der Waals surface area contributed by atoms with Crippen molar-refractivity contribution in [3.05, 3.63) is 71.8 Å². The largest absolute Gasteiger partial charge is 0.360 e. The number of piperazine rings is 1. The molecule has 3 heterocycles. The van der Waals surface area contributed by atoms with Crippen LogP contribution in [0.25, 0.3) is 38.7 Å². The zero-order valence-electron chi connectivity index (χ0n) is 16.4. The molecule has 0 unspecified atom stereocenters. The molecule has 0 amide bonds. The van der Waals surface area contributed by atoms with Crippen LogP contribution in [0.4, 0.5) is 5.69 Å². The van der Waals surface area contributed by atoms with E-state index in [1.165, 1.54) is 5.69 Å². The minimum absolute atomic E-state index is 0.723. The Balaban J connectivity index is 1.63. The van der Waals surface area contributed by atoms with Gasteiger partial charge in [-0.2, -0.15) is 5.10 Å². The lowest BCUT2D eigenvalue weighted by Crippen LogP contribution is -2.89. The third-order valence-electron chi connectivity index (χ3n) is 5.93. The number of quaternary nitrogens is 1. The van der Waals surface area contributed by atoms with Gasteiger partial charge in [0.15, 0.2) is 5.65 Å². The fourth-order valence-corrected chi connectivity index (χ4v) is 4.52. The monoisotopic (exact) mass is 414 g/mol. The SMILES string of the molecule is Clc1ccc(-c2nn3c4cc(N5CC[NH2+]CC5)ccc4nc3c3ccccc23)cc1. The first kappa shape index (κ1) is 17.7. The molecule has 0 saturated carbocycles. The first-order valence-corrected chi connectivity index (χ1v) is 10.7. The summed E-state index contributed by atoms with van der Waals surface area (Å²) in [6.45, 7) is 4.40. The van der Waals surface area contributed by atoms with E-state index in [0.29, 0.717) is 0 Å². The Morgan fingerprint density at radius 2 is 1.63 bits per heavy atom. The molecule has 0 atom stereocenters. The van der Waals surface area contributed by atoms with Crippen LogP contribution in [-0.4, -0.2) is 40.8 Å². The van der Waals surface area contributed by atoms with Gasteiger partial charge in [0.05, 0.1) is 42.9 Å². The van der Waals surface area contributed by atoms with Crippen LogP contribution in [-0.2, 0) is 0 Å². The molecule has 2 N–H and O–H groups in total. The van der Waals surface area contributed by atoms with Crippen LogP contribution < -0.4 is 10.2 Å². The molecule has 0 bridgehead atoms. The molecule has 5 aromatic rings. The van der Waals surface area contributed by atoms with Crippen molar-refractivity contribution < 1.29 is 5.32 Å². The summed E-state index contributed by atoms with van der Waals surface area (Å²) >= 11 is 6.12. The summed E-state index contributed by atoms with van der Waals surface area (Å²) in [6.07, 6.45) is 0. The van der Waals surface area contributed by atoms with Crippen LogP contribution in [0.3, 0.4) is 0 Å². The molecular weight excluding hydrogens is 394 g/mol. The summed E-state index contributed by atoms with van der Waals surface area (Å²) in [5.41, 5.74) is 6.11. The average molecular weight is 415 g/mol. The highest BCUT2D eigenvalue weighted by molar-refractivity contribution is 6.30. The smallest absolute Gasteiger partial charge is 0.162 e. The van der Waals surface area contributed by atoms with E-state index >= 15 is 0 Å². The second-order valence-electron chi connectivity index (χ2n) is 7.77. The molecule has 2 aromatic heterocycles. The van der Waals surface area contributed by atoms with Crippen LogP contribution in [0.5, 0.6) is 0 Å². The van der Waals surface area contributed by atoms with E-state index in [0.717, 1.165) is 69.9 Å². The lowest BCUT2D eigenvalue weighted by molar-refractivity contribution is -0.655. The number of nitrogens with zero attached hydrogens (tertiary/aromatic N) is 4. The molecule has 0 radical (unpaired) electrons. The molecule has 6 heteroatoms. The van der Waals surface area contributed by atoms with Crippen molar-refractivity contribution in [1.29, 1.82) is 0 Å². The highest BCUT2D eigenvalue weighted by atomic mass is 35.5.